The fraction of sp³-hybridized carbons (Fsp3) is 0.308. The Morgan fingerprint density at radius 3 is 2.48 bits per heavy atom. The van der Waals surface area contributed by atoms with E-state index in [0.717, 1.165) is 25.2 Å². The fourth-order valence-electron chi connectivity index (χ4n) is 3.89. The topological polar surface area (TPSA) is 30.9 Å². The molecule has 1 saturated heterocycles. The van der Waals surface area contributed by atoms with Crippen molar-refractivity contribution in [2.75, 3.05) is 26.3 Å². The zero-order valence-electron chi connectivity index (χ0n) is 17.7. The van der Waals surface area contributed by atoms with Gasteiger partial charge in [-0.15, -0.1) is 0 Å². The SMILES string of the molecule is CCOc1cc(Cl)ccc1OC(c1ccccc1)C1CN(Cc2ccccc2)CCO1. The molecule has 162 valence electrons. The Hall–Kier alpha value is -2.53. The van der Waals surface area contributed by atoms with E-state index in [2.05, 4.69) is 41.3 Å². The van der Waals surface area contributed by atoms with Gasteiger partial charge in [0.1, 0.15) is 6.10 Å². The highest BCUT2D eigenvalue weighted by Crippen LogP contribution is 2.36. The standard InChI is InChI=1S/C26H28ClNO3/c1-2-29-24-17-22(27)13-14-23(24)31-26(21-11-7-4-8-12-21)25-19-28(15-16-30-25)18-20-9-5-3-6-10-20/h3-14,17,25-26H,2,15-16,18-19H2,1H3. The number of benzene rings is 3. The summed E-state index contributed by atoms with van der Waals surface area (Å²) in [5.74, 6) is 1.32. The van der Waals surface area contributed by atoms with E-state index < -0.39 is 0 Å². The van der Waals surface area contributed by atoms with E-state index in [0.29, 0.717) is 29.7 Å². The Morgan fingerprint density at radius 2 is 1.74 bits per heavy atom. The molecule has 0 aliphatic carbocycles. The van der Waals surface area contributed by atoms with Crippen LogP contribution >= 0.6 is 11.6 Å². The summed E-state index contributed by atoms with van der Waals surface area (Å²) in [5.41, 5.74) is 2.38. The molecule has 2 atom stereocenters. The van der Waals surface area contributed by atoms with Crippen molar-refractivity contribution in [3.05, 3.63) is 95.0 Å². The molecule has 4 rings (SSSR count). The Kier molecular flexibility index (Phi) is 7.47. The van der Waals surface area contributed by atoms with E-state index in [1.807, 2.05) is 43.3 Å². The van der Waals surface area contributed by atoms with Gasteiger partial charge in [-0.2, -0.15) is 0 Å². The summed E-state index contributed by atoms with van der Waals surface area (Å²) in [6, 6.07) is 26.3. The number of hydrogen-bond acceptors (Lipinski definition) is 4. The van der Waals surface area contributed by atoms with Crippen LogP contribution in [0.5, 0.6) is 11.5 Å². The maximum absolute atomic E-state index is 6.54. The lowest BCUT2D eigenvalue weighted by Gasteiger charge is -2.37. The van der Waals surface area contributed by atoms with Gasteiger partial charge < -0.3 is 14.2 Å². The van der Waals surface area contributed by atoms with Crippen LogP contribution in [0, 0.1) is 0 Å². The third-order valence-electron chi connectivity index (χ3n) is 5.35. The second kappa shape index (κ2) is 10.7. The molecule has 0 radical (unpaired) electrons. The van der Waals surface area contributed by atoms with Crippen LogP contribution in [0.15, 0.2) is 78.9 Å². The summed E-state index contributed by atoms with van der Waals surface area (Å²) in [4.78, 5) is 2.42. The number of rotatable bonds is 8. The van der Waals surface area contributed by atoms with Gasteiger partial charge in [0.05, 0.1) is 13.2 Å². The summed E-state index contributed by atoms with van der Waals surface area (Å²) in [5, 5.41) is 0.620. The van der Waals surface area contributed by atoms with Crippen molar-refractivity contribution >= 4 is 11.6 Å². The van der Waals surface area contributed by atoms with Crippen molar-refractivity contribution in [2.45, 2.75) is 25.7 Å². The quantitative estimate of drug-likeness (QED) is 0.448. The van der Waals surface area contributed by atoms with Gasteiger partial charge in [-0.3, -0.25) is 4.90 Å². The lowest BCUT2D eigenvalue weighted by Crippen LogP contribution is -2.45. The summed E-state index contributed by atoms with van der Waals surface area (Å²) < 4.78 is 18.5. The molecule has 0 bridgehead atoms. The predicted molar refractivity (Wildman–Crippen MR) is 124 cm³/mol. The molecule has 31 heavy (non-hydrogen) atoms. The van der Waals surface area contributed by atoms with Crippen LogP contribution in [0.1, 0.15) is 24.2 Å². The second-order valence-electron chi connectivity index (χ2n) is 7.60. The molecule has 0 N–H and O–H groups in total. The fourth-order valence-corrected chi connectivity index (χ4v) is 4.05. The van der Waals surface area contributed by atoms with Crippen LogP contribution in [0.3, 0.4) is 0 Å². The van der Waals surface area contributed by atoms with Gasteiger partial charge in [0.15, 0.2) is 17.6 Å². The van der Waals surface area contributed by atoms with Gasteiger partial charge in [-0.25, -0.2) is 0 Å². The van der Waals surface area contributed by atoms with E-state index >= 15 is 0 Å². The third kappa shape index (κ3) is 5.79. The molecule has 1 aliphatic rings. The minimum absolute atomic E-state index is 0.106. The predicted octanol–water partition coefficient (Wildman–Crippen LogP) is 5.76. The number of ether oxygens (including phenoxy) is 3. The van der Waals surface area contributed by atoms with Gasteiger partial charge in [0.25, 0.3) is 0 Å². The van der Waals surface area contributed by atoms with Crippen LogP contribution in [0.2, 0.25) is 5.02 Å². The molecule has 1 aliphatic heterocycles. The Morgan fingerprint density at radius 1 is 1.00 bits per heavy atom. The van der Waals surface area contributed by atoms with Gasteiger partial charge in [-0.1, -0.05) is 72.3 Å². The molecular formula is C26H28ClNO3. The van der Waals surface area contributed by atoms with Crippen LogP contribution in [-0.4, -0.2) is 37.3 Å². The highest BCUT2D eigenvalue weighted by atomic mass is 35.5. The molecule has 3 aromatic rings. The van der Waals surface area contributed by atoms with Gasteiger partial charge >= 0.3 is 0 Å². The molecule has 3 aromatic carbocycles. The monoisotopic (exact) mass is 437 g/mol. The molecule has 1 fully saturated rings. The smallest absolute Gasteiger partial charge is 0.162 e. The first kappa shape index (κ1) is 21.7. The molecule has 0 amide bonds. The van der Waals surface area contributed by atoms with E-state index in [9.17, 15) is 0 Å². The van der Waals surface area contributed by atoms with Crippen molar-refractivity contribution in [2.24, 2.45) is 0 Å². The van der Waals surface area contributed by atoms with Crippen LogP contribution in [0.4, 0.5) is 0 Å². The van der Waals surface area contributed by atoms with Crippen molar-refractivity contribution in [1.82, 2.24) is 4.90 Å². The summed E-state index contributed by atoms with van der Waals surface area (Å²) in [6.07, 6.45) is -0.370. The van der Waals surface area contributed by atoms with E-state index in [4.69, 9.17) is 25.8 Å². The largest absolute Gasteiger partial charge is 0.490 e. The van der Waals surface area contributed by atoms with E-state index in [1.165, 1.54) is 5.56 Å². The first-order valence-corrected chi connectivity index (χ1v) is 11.1. The number of halogens is 1. The number of hydrogen-bond donors (Lipinski definition) is 0. The van der Waals surface area contributed by atoms with Gasteiger partial charge in [-0.05, 0) is 30.2 Å². The minimum atomic E-state index is -0.264. The molecule has 0 spiro atoms. The minimum Gasteiger partial charge on any atom is -0.490 e. The normalized spacial score (nSPS) is 17.8. The molecule has 4 nitrogen and oxygen atoms in total. The molecule has 0 aromatic heterocycles. The maximum Gasteiger partial charge on any atom is 0.162 e. The Labute approximate surface area is 189 Å². The molecular weight excluding hydrogens is 410 g/mol. The van der Waals surface area contributed by atoms with Crippen molar-refractivity contribution in [1.29, 1.82) is 0 Å². The summed E-state index contributed by atoms with van der Waals surface area (Å²) >= 11 is 6.18. The first-order valence-electron chi connectivity index (χ1n) is 10.7. The summed E-state index contributed by atoms with van der Waals surface area (Å²) in [6.45, 7) is 5.74. The first-order chi connectivity index (χ1) is 15.2. The van der Waals surface area contributed by atoms with Crippen molar-refractivity contribution in [3.8, 4) is 11.5 Å². The Balaban J connectivity index is 1.57. The summed E-state index contributed by atoms with van der Waals surface area (Å²) in [7, 11) is 0. The molecule has 0 saturated carbocycles. The van der Waals surface area contributed by atoms with E-state index in [1.54, 1.807) is 6.07 Å². The van der Waals surface area contributed by atoms with Crippen molar-refractivity contribution in [3.63, 3.8) is 0 Å². The van der Waals surface area contributed by atoms with Crippen LogP contribution in [-0.2, 0) is 11.3 Å². The third-order valence-corrected chi connectivity index (χ3v) is 5.59. The average molecular weight is 438 g/mol. The number of nitrogens with zero attached hydrogens (tertiary/aromatic N) is 1. The van der Waals surface area contributed by atoms with E-state index in [-0.39, 0.29) is 12.2 Å². The highest BCUT2D eigenvalue weighted by molar-refractivity contribution is 6.30. The van der Waals surface area contributed by atoms with Crippen LogP contribution < -0.4 is 9.47 Å². The highest BCUT2D eigenvalue weighted by Gasteiger charge is 2.31. The average Bonchev–Trinajstić information content (AvgIpc) is 2.80. The molecule has 5 heteroatoms. The maximum atomic E-state index is 6.54. The molecule has 1 heterocycles. The zero-order chi connectivity index (χ0) is 21.5. The van der Waals surface area contributed by atoms with Gasteiger partial charge in [0.2, 0.25) is 0 Å². The molecule has 2 unspecified atom stereocenters. The van der Waals surface area contributed by atoms with Crippen molar-refractivity contribution < 1.29 is 14.2 Å². The van der Waals surface area contributed by atoms with Gasteiger partial charge in [0, 0.05) is 30.7 Å². The lowest BCUT2D eigenvalue weighted by atomic mass is 10.0. The zero-order valence-corrected chi connectivity index (χ0v) is 18.5. The number of morpholine rings is 1. The van der Waals surface area contributed by atoms with Crippen LogP contribution in [0.25, 0.3) is 0 Å². The second-order valence-corrected chi connectivity index (χ2v) is 8.04. The Bertz CT molecular complexity index is 951. The lowest BCUT2D eigenvalue weighted by molar-refractivity contribution is -0.0843.